The van der Waals surface area contributed by atoms with E-state index >= 15 is 0 Å². The Labute approximate surface area is 137 Å². The molecule has 3 fully saturated rings. The molecule has 2 bridgehead atoms. The van der Waals surface area contributed by atoms with Crippen LogP contribution in [-0.4, -0.2) is 26.8 Å². The first-order valence-corrected chi connectivity index (χ1v) is 7.66. The van der Waals surface area contributed by atoms with E-state index in [1.807, 2.05) is 0 Å². The molecule has 3 atom stereocenters. The van der Waals surface area contributed by atoms with Crippen molar-refractivity contribution in [3.05, 3.63) is 38.4 Å². The first kappa shape index (κ1) is 16.3. The molecule has 3 aliphatic rings. The number of benzene rings is 1. The molecule has 24 heavy (non-hydrogen) atoms. The van der Waals surface area contributed by atoms with E-state index in [9.17, 15) is 25.3 Å². The fourth-order valence-electron chi connectivity index (χ4n) is 3.70. The van der Waals surface area contributed by atoms with Gasteiger partial charge in [0.05, 0.1) is 27.7 Å². The minimum absolute atomic E-state index is 0.0567. The Morgan fingerprint density at radius 1 is 1.25 bits per heavy atom. The Morgan fingerprint density at radius 2 is 1.96 bits per heavy atom. The van der Waals surface area contributed by atoms with Gasteiger partial charge in [0.15, 0.2) is 0 Å². The molecule has 2 N–H and O–H groups in total. The zero-order valence-corrected chi connectivity index (χ0v) is 13.3. The summed E-state index contributed by atoms with van der Waals surface area (Å²) in [5.74, 6) is 0.598. The average molecular weight is 334 g/mol. The predicted molar refractivity (Wildman–Crippen MR) is 86.8 cm³/mol. The maximum atomic E-state index is 11.1. The van der Waals surface area contributed by atoms with Crippen LogP contribution in [-0.2, 0) is 0 Å². The van der Waals surface area contributed by atoms with Crippen molar-refractivity contribution < 1.29 is 15.0 Å². The van der Waals surface area contributed by atoms with Gasteiger partial charge in [-0.25, -0.2) is 0 Å². The molecule has 3 aliphatic carbocycles. The van der Waals surface area contributed by atoms with Gasteiger partial charge in [0.1, 0.15) is 5.69 Å². The molecule has 0 aliphatic heterocycles. The number of nitrogens with zero attached hydrogens (tertiary/aromatic N) is 3. The quantitative estimate of drug-likeness (QED) is 0.643. The van der Waals surface area contributed by atoms with E-state index in [0.717, 1.165) is 12.5 Å². The van der Waals surface area contributed by atoms with Crippen molar-refractivity contribution in [2.75, 3.05) is 5.43 Å². The molecule has 0 aromatic heterocycles. The molecule has 9 heteroatoms. The number of nitro benzene ring substituents is 2. The van der Waals surface area contributed by atoms with E-state index in [-0.39, 0.29) is 22.7 Å². The summed E-state index contributed by atoms with van der Waals surface area (Å²) in [7, 11) is 0. The van der Waals surface area contributed by atoms with Gasteiger partial charge in [0.25, 0.3) is 5.69 Å². The Hall–Kier alpha value is -2.55. The van der Waals surface area contributed by atoms with E-state index in [2.05, 4.69) is 24.4 Å². The molecule has 0 unspecified atom stereocenters. The summed E-state index contributed by atoms with van der Waals surface area (Å²) in [6.07, 6.45) is 0.922. The smallest absolute Gasteiger partial charge is 0.301 e. The predicted octanol–water partition coefficient (Wildman–Crippen LogP) is 2.70. The number of anilines is 1. The van der Waals surface area contributed by atoms with Crippen LogP contribution in [0.4, 0.5) is 17.1 Å². The van der Waals surface area contributed by atoms with Gasteiger partial charge in [0, 0.05) is 12.0 Å². The normalized spacial score (nSPS) is 29.0. The monoisotopic (exact) mass is 334 g/mol. The van der Waals surface area contributed by atoms with Gasteiger partial charge < -0.3 is 5.11 Å². The number of hydrogen-bond acceptors (Lipinski definition) is 7. The Balaban J connectivity index is 1.88. The minimum Gasteiger partial charge on any atom is -0.387 e. The zero-order chi connectivity index (χ0) is 17.6. The molecule has 1 aromatic carbocycles. The molecule has 128 valence electrons. The van der Waals surface area contributed by atoms with Crippen molar-refractivity contribution in [3.63, 3.8) is 0 Å². The van der Waals surface area contributed by atoms with Crippen LogP contribution in [0, 0.1) is 37.5 Å². The number of nitrogens with one attached hydrogen (secondary N) is 1. The van der Waals surface area contributed by atoms with Crippen molar-refractivity contribution in [1.29, 1.82) is 0 Å². The standard InChI is InChI=1S/C15H18N4O5/c1-15(2)8-5-10(15)14(13(20)6-8)17-16-11-4-3-9(18(21)22)7-12(11)19(23)24/h3-4,7-8,10,13,16,20H,5-6H2,1-2H3/b17-14-/t8-,10-,13+/m0/s1. The fourth-order valence-corrected chi connectivity index (χ4v) is 3.70. The Bertz CT molecular complexity index is 745. The summed E-state index contributed by atoms with van der Waals surface area (Å²) < 4.78 is 0. The largest absolute Gasteiger partial charge is 0.387 e. The summed E-state index contributed by atoms with van der Waals surface area (Å²) in [5.41, 5.74) is 2.54. The highest BCUT2D eigenvalue weighted by Crippen LogP contribution is 2.57. The van der Waals surface area contributed by atoms with Crippen molar-refractivity contribution >= 4 is 22.8 Å². The van der Waals surface area contributed by atoms with Gasteiger partial charge in [0.2, 0.25) is 0 Å². The van der Waals surface area contributed by atoms with Gasteiger partial charge in [-0.15, -0.1) is 0 Å². The van der Waals surface area contributed by atoms with Gasteiger partial charge in [-0.05, 0) is 30.2 Å². The van der Waals surface area contributed by atoms with Crippen molar-refractivity contribution in [2.24, 2.45) is 22.4 Å². The maximum Gasteiger partial charge on any atom is 0.301 e. The van der Waals surface area contributed by atoms with Gasteiger partial charge in [-0.2, -0.15) is 5.10 Å². The summed E-state index contributed by atoms with van der Waals surface area (Å²) >= 11 is 0. The molecule has 1 aromatic rings. The fraction of sp³-hybridized carbons (Fsp3) is 0.533. The molecule has 0 amide bonds. The number of hydrogen-bond donors (Lipinski definition) is 2. The summed E-state index contributed by atoms with van der Waals surface area (Å²) in [4.78, 5) is 20.5. The van der Waals surface area contributed by atoms with E-state index in [4.69, 9.17) is 0 Å². The molecule has 0 radical (unpaired) electrons. The second kappa shape index (κ2) is 5.52. The molecule has 4 rings (SSSR count). The lowest BCUT2D eigenvalue weighted by Crippen LogP contribution is -2.58. The number of fused-ring (bicyclic) bond motifs is 2. The number of rotatable bonds is 4. The highest BCUT2D eigenvalue weighted by molar-refractivity contribution is 5.94. The zero-order valence-electron chi connectivity index (χ0n) is 13.3. The van der Waals surface area contributed by atoms with E-state index in [0.29, 0.717) is 18.1 Å². The van der Waals surface area contributed by atoms with Crippen molar-refractivity contribution in [2.45, 2.75) is 32.8 Å². The molecular formula is C15H18N4O5. The third kappa shape index (κ3) is 2.50. The topological polar surface area (TPSA) is 131 Å². The van der Waals surface area contributed by atoms with Crippen LogP contribution < -0.4 is 5.43 Å². The summed E-state index contributed by atoms with van der Waals surface area (Å²) in [6, 6.07) is 3.32. The second-order valence-electron chi connectivity index (χ2n) is 6.92. The second-order valence-corrected chi connectivity index (χ2v) is 6.92. The number of hydrazone groups is 1. The number of aliphatic hydroxyl groups is 1. The highest BCUT2D eigenvalue weighted by atomic mass is 16.6. The van der Waals surface area contributed by atoms with Crippen LogP contribution in [0.25, 0.3) is 0 Å². The third-order valence-electron chi connectivity index (χ3n) is 5.37. The van der Waals surface area contributed by atoms with Crippen molar-refractivity contribution in [3.8, 4) is 0 Å². The van der Waals surface area contributed by atoms with Crippen LogP contribution in [0.2, 0.25) is 0 Å². The molecule has 0 heterocycles. The van der Waals surface area contributed by atoms with Gasteiger partial charge in [-0.1, -0.05) is 13.8 Å². The van der Waals surface area contributed by atoms with E-state index in [1.54, 1.807) is 0 Å². The molecule has 9 nitrogen and oxygen atoms in total. The number of aliphatic hydroxyl groups excluding tert-OH is 1. The van der Waals surface area contributed by atoms with Crippen LogP contribution in [0.15, 0.2) is 23.3 Å². The first-order valence-electron chi connectivity index (χ1n) is 7.66. The molecule has 0 saturated heterocycles. The van der Waals surface area contributed by atoms with E-state index in [1.165, 1.54) is 12.1 Å². The van der Waals surface area contributed by atoms with Gasteiger partial charge in [-0.3, -0.25) is 25.7 Å². The summed E-state index contributed by atoms with van der Waals surface area (Å²) in [5, 5.41) is 36.3. The average Bonchev–Trinajstić information content (AvgIpc) is 2.52. The number of non-ortho nitro benzene ring substituents is 1. The Morgan fingerprint density at radius 3 is 2.54 bits per heavy atom. The van der Waals surface area contributed by atoms with Crippen LogP contribution >= 0.6 is 0 Å². The molecule has 0 spiro atoms. The lowest BCUT2D eigenvalue weighted by Gasteiger charge is -2.58. The van der Waals surface area contributed by atoms with Crippen LogP contribution in [0.5, 0.6) is 0 Å². The maximum absolute atomic E-state index is 11.1. The lowest BCUT2D eigenvalue weighted by atomic mass is 9.47. The SMILES string of the molecule is CC1(C)[C@@H]2C[C@@H](O)/C(=N\Nc3ccc([N+](=O)[O-])cc3[N+](=O)[O-])[C@@H]1C2. The van der Waals surface area contributed by atoms with E-state index < -0.39 is 21.6 Å². The lowest BCUT2D eigenvalue weighted by molar-refractivity contribution is -0.393. The summed E-state index contributed by atoms with van der Waals surface area (Å²) in [6.45, 7) is 4.25. The first-order chi connectivity index (χ1) is 11.2. The molecular weight excluding hydrogens is 316 g/mol. The van der Waals surface area contributed by atoms with Crippen LogP contribution in [0.3, 0.4) is 0 Å². The third-order valence-corrected chi connectivity index (χ3v) is 5.37. The molecule has 3 saturated carbocycles. The Kier molecular flexibility index (Phi) is 3.75. The highest BCUT2D eigenvalue weighted by Gasteiger charge is 2.56. The number of nitro groups is 2. The van der Waals surface area contributed by atoms with Crippen LogP contribution in [0.1, 0.15) is 26.7 Å². The minimum atomic E-state index is -0.698. The van der Waals surface area contributed by atoms with Gasteiger partial charge >= 0.3 is 5.69 Å². The van der Waals surface area contributed by atoms with Crippen molar-refractivity contribution in [1.82, 2.24) is 0 Å².